The number of carbonyl (C=O) groups is 3. The van der Waals surface area contributed by atoms with Crippen LogP contribution in [0.4, 0.5) is 5.82 Å². The molecule has 4 rings (SSSR count). The van der Waals surface area contributed by atoms with E-state index in [0.717, 1.165) is 6.42 Å². The van der Waals surface area contributed by atoms with Gasteiger partial charge in [-0.25, -0.2) is 0 Å². The van der Waals surface area contributed by atoms with Gasteiger partial charge in [0.1, 0.15) is 17.1 Å². The van der Waals surface area contributed by atoms with Crippen LogP contribution >= 0.6 is 0 Å². The molecule has 1 atom stereocenters. The van der Waals surface area contributed by atoms with Gasteiger partial charge in [-0.2, -0.15) is 4.98 Å². The number of primary amides is 1. The number of morpholine rings is 1. The van der Waals surface area contributed by atoms with Crippen molar-refractivity contribution in [2.75, 3.05) is 44.3 Å². The molecule has 3 heterocycles. The number of anilines is 1. The first-order valence-corrected chi connectivity index (χ1v) is 11.1. The minimum atomic E-state index is -0.661. The molecule has 2 fully saturated rings. The van der Waals surface area contributed by atoms with E-state index in [0.29, 0.717) is 56.5 Å². The average molecular weight is 466 g/mol. The monoisotopic (exact) mass is 465 g/mol. The Kier molecular flexibility index (Phi) is 7.07. The van der Waals surface area contributed by atoms with E-state index in [1.54, 1.807) is 41.3 Å². The van der Waals surface area contributed by atoms with Crippen molar-refractivity contribution in [3.05, 3.63) is 60.2 Å². The summed E-state index contributed by atoms with van der Waals surface area (Å²) >= 11 is 0. The summed E-state index contributed by atoms with van der Waals surface area (Å²) < 4.78 is 11.2. The third kappa shape index (κ3) is 5.34. The van der Waals surface area contributed by atoms with Crippen molar-refractivity contribution >= 4 is 23.5 Å². The molecule has 0 bridgehead atoms. The molecule has 0 spiro atoms. The number of nitrogens with two attached hydrogens (primary N) is 1. The van der Waals surface area contributed by atoms with Gasteiger partial charge < -0.3 is 30.3 Å². The van der Waals surface area contributed by atoms with Crippen molar-refractivity contribution in [1.82, 2.24) is 15.2 Å². The molecule has 1 aromatic heterocycles. The number of hydrogen-bond donors (Lipinski definition) is 2. The van der Waals surface area contributed by atoms with Gasteiger partial charge in [0.15, 0.2) is 0 Å². The maximum atomic E-state index is 12.6. The van der Waals surface area contributed by atoms with E-state index < -0.39 is 5.91 Å². The summed E-state index contributed by atoms with van der Waals surface area (Å²) in [5.41, 5.74) is 6.20. The molecule has 10 heteroatoms. The number of aromatic nitrogens is 1. The summed E-state index contributed by atoms with van der Waals surface area (Å²) in [6.45, 7) is 6.91. The fraction of sp³-hybridized carbons (Fsp3) is 0.333. The fourth-order valence-corrected chi connectivity index (χ4v) is 3.94. The van der Waals surface area contributed by atoms with Crippen molar-refractivity contribution in [1.29, 1.82) is 0 Å². The van der Waals surface area contributed by atoms with Crippen LogP contribution in [0, 0.1) is 0 Å². The summed E-state index contributed by atoms with van der Waals surface area (Å²) in [6.07, 6.45) is 2.00. The van der Waals surface area contributed by atoms with Crippen molar-refractivity contribution in [3.8, 4) is 11.6 Å². The lowest BCUT2D eigenvalue weighted by atomic mass is 10.2. The Labute approximate surface area is 197 Å². The quantitative estimate of drug-likeness (QED) is 0.591. The summed E-state index contributed by atoms with van der Waals surface area (Å²) in [5, 5.41) is 2.88. The lowest BCUT2D eigenvalue weighted by Gasteiger charge is -2.26. The van der Waals surface area contributed by atoms with Gasteiger partial charge in [0, 0.05) is 37.8 Å². The highest BCUT2D eigenvalue weighted by molar-refractivity contribution is 5.96. The maximum absolute atomic E-state index is 12.6. The van der Waals surface area contributed by atoms with Crippen molar-refractivity contribution in [2.45, 2.75) is 12.5 Å². The minimum Gasteiger partial charge on any atom is -0.438 e. The average Bonchev–Trinajstić information content (AvgIpc) is 3.32. The first kappa shape index (κ1) is 23.2. The summed E-state index contributed by atoms with van der Waals surface area (Å²) in [6, 6.07) is 9.92. The topological polar surface area (TPSA) is 127 Å². The van der Waals surface area contributed by atoms with Crippen LogP contribution < -0.4 is 20.7 Å². The summed E-state index contributed by atoms with van der Waals surface area (Å²) in [7, 11) is 0. The second-order valence-corrected chi connectivity index (χ2v) is 8.06. The SMILES string of the molecule is C=CC(=O)NC1CCN(c2ccc(C(N)=O)c(Oc3ccc(C(=O)N4CCOCC4)cc3)n2)C1. The molecule has 2 aliphatic rings. The lowest BCUT2D eigenvalue weighted by molar-refractivity contribution is -0.117. The number of rotatable bonds is 7. The largest absolute Gasteiger partial charge is 0.438 e. The van der Waals surface area contributed by atoms with Gasteiger partial charge in [-0.1, -0.05) is 6.58 Å². The molecule has 0 saturated carbocycles. The van der Waals surface area contributed by atoms with Crippen molar-refractivity contribution in [3.63, 3.8) is 0 Å². The summed E-state index contributed by atoms with van der Waals surface area (Å²) in [4.78, 5) is 44.4. The number of hydrogen-bond acceptors (Lipinski definition) is 7. The second-order valence-electron chi connectivity index (χ2n) is 8.06. The van der Waals surface area contributed by atoms with Gasteiger partial charge in [0.05, 0.1) is 13.2 Å². The van der Waals surface area contributed by atoms with Crippen LogP contribution in [-0.4, -0.2) is 73.0 Å². The lowest BCUT2D eigenvalue weighted by Crippen LogP contribution is -2.40. The number of nitrogens with one attached hydrogen (secondary N) is 1. The van der Waals surface area contributed by atoms with E-state index in [1.807, 2.05) is 4.90 Å². The molecule has 34 heavy (non-hydrogen) atoms. The third-order valence-electron chi connectivity index (χ3n) is 5.77. The van der Waals surface area contributed by atoms with Crippen LogP contribution in [-0.2, 0) is 9.53 Å². The highest BCUT2D eigenvalue weighted by Crippen LogP contribution is 2.28. The number of pyridine rings is 1. The Morgan fingerprint density at radius 2 is 1.85 bits per heavy atom. The van der Waals surface area contributed by atoms with Crippen LogP contribution in [0.1, 0.15) is 27.1 Å². The minimum absolute atomic E-state index is 0.0240. The third-order valence-corrected chi connectivity index (χ3v) is 5.77. The maximum Gasteiger partial charge on any atom is 0.254 e. The molecule has 3 amide bonds. The molecule has 2 aromatic rings. The van der Waals surface area contributed by atoms with Crippen LogP contribution in [0.2, 0.25) is 0 Å². The predicted molar refractivity (Wildman–Crippen MR) is 125 cm³/mol. The normalized spacial score (nSPS) is 17.8. The first-order valence-electron chi connectivity index (χ1n) is 11.1. The molecular formula is C24H27N5O5. The number of ether oxygens (including phenoxy) is 2. The molecule has 0 radical (unpaired) electrons. The van der Waals surface area contributed by atoms with Crippen LogP contribution in [0.15, 0.2) is 49.1 Å². The smallest absolute Gasteiger partial charge is 0.254 e. The Morgan fingerprint density at radius 1 is 1.12 bits per heavy atom. The van der Waals surface area contributed by atoms with E-state index in [1.165, 1.54) is 6.08 Å². The first-order chi connectivity index (χ1) is 16.4. The molecular weight excluding hydrogens is 438 g/mol. The van der Waals surface area contributed by atoms with E-state index in [4.69, 9.17) is 15.2 Å². The zero-order valence-corrected chi connectivity index (χ0v) is 18.7. The molecule has 2 saturated heterocycles. The van der Waals surface area contributed by atoms with Gasteiger partial charge in [-0.3, -0.25) is 14.4 Å². The standard InChI is InChI=1S/C24H27N5O5/c1-2-21(30)26-17-9-10-29(15-17)20-8-7-19(22(25)31)23(27-20)34-18-5-3-16(4-6-18)24(32)28-11-13-33-14-12-28/h2-8,17H,1,9-15H2,(H2,25,31)(H,26,30). The summed E-state index contributed by atoms with van der Waals surface area (Å²) in [5.74, 6) is 0.155. The number of benzene rings is 1. The van der Waals surface area contributed by atoms with Gasteiger partial charge in [-0.05, 0) is 48.9 Å². The van der Waals surface area contributed by atoms with E-state index in [9.17, 15) is 14.4 Å². The zero-order chi connectivity index (χ0) is 24.1. The molecule has 2 aliphatic heterocycles. The number of amides is 3. The molecule has 178 valence electrons. The highest BCUT2D eigenvalue weighted by Gasteiger charge is 2.26. The predicted octanol–water partition coefficient (Wildman–Crippen LogP) is 1.33. The van der Waals surface area contributed by atoms with Crippen LogP contribution in [0.5, 0.6) is 11.6 Å². The van der Waals surface area contributed by atoms with Crippen molar-refractivity contribution in [2.24, 2.45) is 5.73 Å². The fourth-order valence-electron chi connectivity index (χ4n) is 3.94. The number of carbonyl (C=O) groups excluding carboxylic acids is 3. The Balaban J connectivity index is 1.48. The molecule has 0 aliphatic carbocycles. The molecule has 3 N–H and O–H groups in total. The van der Waals surface area contributed by atoms with E-state index in [2.05, 4.69) is 16.9 Å². The van der Waals surface area contributed by atoms with E-state index in [-0.39, 0.29) is 29.3 Å². The molecule has 10 nitrogen and oxygen atoms in total. The van der Waals surface area contributed by atoms with Gasteiger partial charge in [0.25, 0.3) is 11.8 Å². The number of nitrogens with zero attached hydrogens (tertiary/aromatic N) is 3. The van der Waals surface area contributed by atoms with Crippen LogP contribution in [0.3, 0.4) is 0 Å². The van der Waals surface area contributed by atoms with E-state index >= 15 is 0 Å². The highest BCUT2D eigenvalue weighted by atomic mass is 16.5. The molecule has 1 unspecified atom stereocenters. The Morgan fingerprint density at radius 3 is 2.53 bits per heavy atom. The Bertz CT molecular complexity index is 1080. The van der Waals surface area contributed by atoms with Gasteiger partial charge in [0.2, 0.25) is 11.8 Å². The van der Waals surface area contributed by atoms with Gasteiger partial charge in [-0.15, -0.1) is 0 Å². The molecule has 1 aromatic carbocycles. The Hall–Kier alpha value is -3.92. The van der Waals surface area contributed by atoms with Crippen LogP contribution in [0.25, 0.3) is 0 Å². The van der Waals surface area contributed by atoms with Gasteiger partial charge >= 0.3 is 0 Å². The zero-order valence-electron chi connectivity index (χ0n) is 18.7. The van der Waals surface area contributed by atoms with Crippen molar-refractivity contribution < 1.29 is 23.9 Å². The second kappa shape index (κ2) is 10.3.